The van der Waals surface area contributed by atoms with Crippen LogP contribution >= 0.6 is 0 Å². The molecule has 0 spiro atoms. The van der Waals surface area contributed by atoms with E-state index in [9.17, 15) is 9.59 Å². The number of carbonyl (C=O) groups is 2. The maximum Gasteiger partial charge on any atom is 0.356 e. The molecule has 0 radical (unpaired) electrons. The lowest BCUT2D eigenvalue weighted by Crippen LogP contribution is -2.13. The second-order valence-electron chi connectivity index (χ2n) is 2.72. The largest absolute Gasteiger partial charge is 0.480 e. The summed E-state index contributed by atoms with van der Waals surface area (Å²) in [4.78, 5) is 20.9. The van der Waals surface area contributed by atoms with E-state index in [1.807, 2.05) is 0 Å². The number of aliphatic carboxylic acids is 1. The van der Waals surface area contributed by atoms with E-state index in [1.54, 1.807) is 0 Å². The number of nitrogens with zero attached hydrogens (tertiary/aromatic N) is 2. The number of hydrogen-bond donors (Lipinski definition) is 3. The van der Waals surface area contributed by atoms with Gasteiger partial charge in [0.15, 0.2) is 5.69 Å². The summed E-state index contributed by atoms with van der Waals surface area (Å²) in [7, 11) is 0. The Bertz CT molecular complexity index is 396. The summed E-state index contributed by atoms with van der Waals surface area (Å²) in [5.41, 5.74) is 5.52. The topological polar surface area (TPSA) is 118 Å². The minimum absolute atomic E-state index is 0.0600. The molecule has 4 N–H and O–H groups in total. The second kappa shape index (κ2) is 3.36. The highest BCUT2D eigenvalue weighted by Gasteiger charge is 2.18. The average molecular weight is 199 g/mol. The summed E-state index contributed by atoms with van der Waals surface area (Å²) in [6.45, 7) is 1.03. The molecule has 0 aliphatic rings. The van der Waals surface area contributed by atoms with Crippen molar-refractivity contribution in [2.45, 2.75) is 13.5 Å². The van der Waals surface area contributed by atoms with E-state index in [0.29, 0.717) is 0 Å². The molecule has 0 unspecified atom stereocenters. The van der Waals surface area contributed by atoms with Crippen molar-refractivity contribution in [2.75, 3.05) is 5.73 Å². The molecule has 0 aliphatic carbocycles. The average Bonchev–Trinajstić information content (AvgIpc) is 2.32. The molecule has 7 nitrogen and oxygen atoms in total. The quantitative estimate of drug-likeness (QED) is 0.607. The van der Waals surface area contributed by atoms with E-state index in [0.717, 1.165) is 4.68 Å². The van der Waals surface area contributed by atoms with Crippen molar-refractivity contribution in [1.82, 2.24) is 9.78 Å². The number of nitrogens with two attached hydrogens (primary N) is 1. The van der Waals surface area contributed by atoms with Crippen molar-refractivity contribution in [3.63, 3.8) is 0 Å². The molecule has 0 saturated carbocycles. The van der Waals surface area contributed by atoms with Gasteiger partial charge in [-0.2, -0.15) is 5.10 Å². The van der Waals surface area contributed by atoms with E-state index in [4.69, 9.17) is 15.9 Å². The third-order valence-corrected chi connectivity index (χ3v) is 1.73. The Morgan fingerprint density at radius 1 is 1.50 bits per heavy atom. The van der Waals surface area contributed by atoms with Gasteiger partial charge in [0, 0.05) is 5.56 Å². The number of hydrogen-bond acceptors (Lipinski definition) is 4. The van der Waals surface area contributed by atoms with Crippen LogP contribution < -0.4 is 5.73 Å². The van der Waals surface area contributed by atoms with Gasteiger partial charge in [-0.3, -0.25) is 4.79 Å². The zero-order valence-electron chi connectivity index (χ0n) is 7.39. The molecule has 14 heavy (non-hydrogen) atoms. The first kappa shape index (κ1) is 10.0. The fraction of sp³-hybridized carbons (Fsp3) is 0.286. The number of aromatic nitrogens is 2. The first-order valence-electron chi connectivity index (χ1n) is 3.71. The summed E-state index contributed by atoms with van der Waals surface area (Å²) in [5.74, 6) is -2.29. The van der Waals surface area contributed by atoms with Gasteiger partial charge >= 0.3 is 11.9 Å². The van der Waals surface area contributed by atoms with Crippen molar-refractivity contribution in [1.29, 1.82) is 0 Å². The Morgan fingerprint density at radius 2 is 2.07 bits per heavy atom. The lowest BCUT2D eigenvalue weighted by atomic mass is 10.2. The zero-order chi connectivity index (χ0) is 10.9. The molecule has 7 heteroatoms. The number of anilines is 1. The summed E-state index contributed by atoms with van der Waals surface area (Å²) in [6.07, 6.45) is 0. The highest BCUT2D eigenvalue weighted by atomic mass is 16.4. The van der Waals surface area contributed by atoms with Crippen LogP contribution in [0.1, 0.15) is 16.1 Å². The summed E-state index contributed by atoms with van der Waals surface area (Å²) >= 11 is 0. The Hall–Kier alpha value is -2.05. The van der Waals surface area contributed by atoms with Crippen molar-refractivity contribution in [2.24, 2.45) is 0 Å². The molecule has 0 aliphatic heterocycles. The Balaban J connectivity index is 3.15. The number of aromatic carboxylic acids is 1. The van der Waals surface area contributed by atoms with Crippen LogP contribution in [0.15, 0.2) is 0 Å². The van der Waals surface area contributed by atoms with Crippen LogP contribution in [0.4, 0.5) is 5.82 Å². The van der Waals surface area contributed by atoms with Crippen LogP contribution in [0.2, 0.25) is 0 Å². The van der Waals surface area contributed by atoms with Crippen molar-refractivity contribution in [3.05, 3.63) is 11.3 Å². The lowest BCUT2D eigenvalue weighted by molar-refractivity contribution is -0.137. The molecule has 1 aromatic rings. The number of rotatable bonds is 3. The molecular weight excluding hydrogens is 190 g/mol. The van der Waals surface area contributed by atoms with Crippen LogP contribution in [-0.2, 0) is 11.3 Å². The molecule has 1 rings (SSSR count). The van der Waals surface area contributed by atoms with Gasteiger partial charge in [0.05, 0.1) is 0 Å². The third-order valence-electron chi connectivity index (χ3n) is 1.73. The number of carboxylic acids is 2. The van der Waals surface area contributed by atoms with Gasteiger partial charge in [-0.05, 0) is 6.92 Å². The Labute approximate surface area is 78.7 Å². The van der Waals surface area contributed by atoms with Gasteiger partial charge < -0.3 is 15.9 Å². The summed E-state index contributed by atoms with van der Waals surface area (Å²) in [5, 5.41) is 20.7. The molecule has 0 bridgehead atoms. The van der Waals surface area contributed by atoms with E-state index >= 15 is 0 Å². The predicted molar refractivity (Wildman–Crippen MR) is 46.0 cm³/mol. The minimum Gasteiger partial charge on any atom is -0.480 e. The van der Waals surface area contributed by atoms with Crippen molar-refractivity contribution >= 4 is 17.8 Å². The van der Waals surface area contributed by atoms with Gasteiger partial charge in [-0.25, -0.2) is 9.48 Å². The van der Waals surface area contributed by atoms with Gasteiger partial charge in [0.1, 0.15) is 12.4 Å². The lowest BCUT2D eigenvalue weighted by Gasteiger charge is -1.98. The highest BCUT2D eigenvalue weighted by molar-refractivity contribution is 5.88. The molecule has 0 saturated heterocycles. The number of carboxylic acid groups (broad SMARTS) is 2. The maximum atomic E-state index is 10.6. The smallest absolute Gasteiger partial charge is 0.356 e. The fourth-order valence-corrected chi connectivity index (χ4v) is 1.02. The van der Waals surface area contributed by atoms with E-state index in [2.05, 4.69) is 5.10 Å². The normalized spacial score (nSPS) is 10.1. The van der Waals surface area contributed by atoms with Crippen LogP contribution in [0, 0.1) is 6.92 Å². The van der Waals surface area contributed by atoms with Gasteiger partial charge in [0.25, 0.3) is 0 Å². The van der Waals surface area contributed by atoms with E-state index < -0.39 is 18.5 Å². The molecule has 0 fully saturated rings. The summed E-state index contributed by atoms with van der Waals surface area (Å²) < 4.78 is 0.946. The second-order valence-corrected chi connectivity index (χ2v) is 2.72. The molecule has 1 heterocycles. The first-order chi connectivity index (χ1) is 6.43. The molecule has 0 atom stereocenters. The van der Waals surface area contributed by atoms with Crippen LogP contribution in [-0.4, -0.2) is 31.9 Å². The van der Waals surface area contributed by atoms with Crippen LogP contribution in [0.5, 0.6) is 0 Å². The molecular formula is C7H9N3O4. The predicted octanol–water partition coefficient (Wildman–Crippen LogP) is -0.443. The highest BCUT2D eigenvalue weighted by Crippen LogP contribution is 2.14. The van der Waals surface area contributed by atoms with Crippen molar-refractivity contribution in [3.8, 4) is 0 Å². The Morgan fingerprint density at radius 3 is 2.43 bits per heavy atom. The third kappa shape index (κ3) is 1.65. The maximum absolute atomic E-state index is 10.6. The van der Waals surface area contributed by atoms with E-state index in [-0.39, 0.29) is 17.1 Å². The summed E-state index contributed by atoms with van der Waals surface area (Å²) in [6, 6.07) is 0. The molecule has 76 valence electrons. The van der Waals surface area contributed by atoms with E-state index in [1.165, 1.54) is 6.92 Å². The van der Waals surface area contributed by atoms with Gasteiger partial charge in [0.2, 0.25) is 0 Å². The SMILES string of the molecule is Cc1c(C(=O)O)nn(CC(=O)O)c1N. The molecule has 1 aromatic heterocycles. The minimum atomic E-state index is -1.22. The van der Waals surface area contributed by atoms with Gasteiger partial charge in [-0.15, -0.1) is 0 Å². The first-order valence-corrected chi connectivity index (χ1v) is 3.71. The fourth-order valence-electron chi connectivity index (χ4n) is 1.02. The molecule has 0 aromatic carbocycles. The van der Waals surface area contributed by atoms with Crippen molar-refractivity contribution < 1.29 is 19.8 Å². The van der Waals surface area contributed by atoms with Crippen LogP contribution in [0.3, 0.4) is 0 Å². The molecule has 0 amide bonds. The van der Waals surface area contributed by atoms with Gasteiger partial charge in [-0.1, -0.05) is 0 Å². The standard InChI is InChI=1S/C7H9N3O4/c1-3-5(7(13)14)9-10(6(3)8)2-4(11)12/h2,8H2,1H3,(H,11,12)(H,13,14). The Kier molecular flexibility index (Phi) is 2.41. The zero-order valence-corrected chi connectivity index (χ0v) is 7.39. The van der Waals surface area contributed by atoms with Crippen LogP contribution in [0.25, 0.3) is 0 Å². The number of nitrogen functional groups attached to an aromatic ring is 1. The monoisotopic (exact) mass is 199 g/mol.